The molecule has 0 amide bonds. The number of nitrogens with two attached hydrogens (primary N) is 1. The van der Waals surface area contributed by atoms with Crippen molar-refractivity contribution in [2.75, 3.05) is 7.11 Å². The van der Waals surface area contributed by atoms with Gasteiger partial charge in [0.15, 0.2) is 5.82 Å². The number of methoxy groups -OCH3 is 1. The normalized spacial score (nSPS) is 28.1. The molecule has 19 heavy (non-hydrogen) atoms. The van der Waals surface area contributed by atoms with E-state index < -0.39 is 0 Å². The summed E-state index contributed by atoms with van der Waals surface area (Å²) >= 11 is 1.55. The maximum atomic E-state index is 6.57. The van der Waals surface area contributed by atoms with Gasteiger partial charge in [0.1, 0.15) is 11.6 Å². The average Bonchev–Trinajstić information content (AvgIpc) is 2.91. The molecule has 1 saturated carbocycles. The number of aromatic nitrogens is 4. The summed E-state index contributed by atoms with van der Waals surface area (Å²) in [4.78, 5) is 0.796. The lowest BCUT2D eigenvalue weighted by molar-refractivity contribution is 0.175. The molecule has 2 unspecified atom stereocenters. The van der Waals surface area contributed by atoms with Crippen molar-refractivity contribution in [3.8, 4) is 0 Å². The monoisotopic (exact) mass is 281 g/mol. The van der Waals surface area contributed by atoms with E-state index in [1.54, 1.807) is 23.0 Å². The molecule has 3 rings (SSSR count). The Balaban J connectivity index is 1.96. The second-order valence-corrected chi connectivity index (χ2v) is 6.46. The van der Waals surface area contributed by atoms with Crippen molar-refractivity contribution >= 4 is 16.3 Å². The number of ether oxygens (including phenoxy) is 1. The van der Waals surface area contributed by atoms with Crippen LogP contribution in [0, 0.1) is 5.92 Å². The molecule has 7 heteroatoms. The van der Waals surface area contributed by atoms with Gasteiger partial charge in [0.05, 0.1) is 5.54 Å². The van der Waals surface area contributed by atoms with Crippen LogP contribution in [0.4, 0.5) is 0 Å². The van der Waals surface area contributed by atoms with E-state index in [4.69, 9.17) is 10.5 Å². The van der Waals surface area contributed by atoms with E-state index in [2.05, 4.69) is 22.2 Å². The third kappa shape index (κ3) is 2.26. The number of hydrogen-bond donors (Lipinski definition) is 1. The molecule has 104 valence electrons. The molecule has 0 aliphatic heterocycles. The Hall–Kier alpha value is -1.05. The van der Waals surface area contributed by atoms with Crippen LogP contribution in [0.2, 0.25) is 0 Å². The second-order valence-electron chi connectivity index (χ2n) is 5.51. The Morgan fingerprint density at radius 3 is 3.11 bits per heavy atom. The zero-order chi connectivity index (χ0) is 13.5. The molecule has 2 atom stereocenters. The third-order valence-electron chi connectivity index (χ3n) is 3.79. The smallest absolute Gasteiger partial charge is 0.234 e. The molecule has 1 fully saturated rings. The summed E-state index contributed by atoms with van der Waals surface area (Å²) in [6.07, 6.45) is 4.43. The first-order chi connectivity index (χ1) is 9.12. The molecule has 2 aromatic rings. The molecule has 2 N–H and O–H groups in total. The first-order valence-electron chi connectivity index (χ1n) is 6.62. The quantitative estimate of drug-likeness (QED) is 0.926. The van der Waals surface area contributed by atoms with Crippen molar-refractivity contribution in [2.45, 2.75) is 44.8 Å². The highest BCUT2D eigenvalue weighted by molar-refractivity contribution is 7.16. The Kier molecular flexibility index (Phi) is 3.28. The third-order valence-corrected chi connectivity index (χ3v) is 4.91. The van der Waals surface area contributed by atoms with Gasteiger partial charge in [-0.25, -0.2) is 0 Å². The van der Waals surface area contributed by atoms with Crippen LogP contribution in [0.15, 0.2) is 0 Å². The Labute approximate surface area is 116 Å². The van der Waals surface area contributed by atoms with Gasteiger partial charge in [-0.05, 0) is 18.8 Å². The molecule has 1 aliphatic rings. The van der Waals surface area contributed by atoms with Crippen molar-refractivity contribution in [2.24, 2.45) is 11.7 Å². The fraction of sp³-hybridized carbons (Fsp3) is 0.750. The zero-order valence-corrected chi connectivity index (χ0v) is 12.1. The van der Waals surface area contributed by atoms with Crippen LogP contribution >= 0.6 is 11.3 Å². The minimum atomic E-state index is -0.298. The maximum Gasteiger partial charge on any atom is 0.234 e. The van der Waals surface area contributed by atoms with Crippen molar-refractivity contribution in [3.63, 3.8) is 0 Å². The molecule has 0 aromatic carbocycles. The van der Waals surface area contributed by atoms with Crippen LogP contribution < -0.4 is 5.73 Å². The van der Waals surface area contributed by atoms with Gasteiger partial charge < -0.3 is 10.5 Å². The summed E-state index contributed by atoms with van der Waals surface area (Å²) in [5.41, 5.74) is 6.27. The summed E-state index contributed by atoms with van der Waals surface area (Å²) in [5.74, 6) is 1.39. The summed E-state index contributed by atoms with van der Waals surface area (Å²) in [6, 6.07) is 0. The Morgan fingerprint density at radius 2 is 2.37 bits per heavy atom. The molecule has 2 heterocycles. The van der Waals surface area contributed by atoms with E-state index in [1.807, 2.05) is 0 Å². The summed E-state index contributed by atoms with van der Waals surface area (Å²) in [6.45, 7) is 2.68. The van der Waals surface area contributed by atoms with Gasteiger partial charge in [0, 0.05) is 7.11 Å². The number of fused-ring (bicyclic) bond motifs is 1. The first-order valence-corrected chi connectivity index (χ1v) is 7.43. The molecular formula is C12H19N5OS. The molecule has 6 nitrogen and oxygen atoms in total. The minimum Gasteiger partial charge on any atom is -0.377 e. The summed E-state index contributed by atoms with van der Waals surface area (Å²) < 4.78 is 6.86. The van der Waals surface area contributed by atoms with Crippen molar-refractivity contribution in [1.29, 1.82) is 0 Å². The van der Waals surface area contributed by atoms with Crippen molar-refractivity contribution < 1.29 is 4.74 Å². The topological polar surface area (TPSA) is 78.3 Å². The van der Waals surface area contributed by atoms with E-state index in [0.717, 1.165) is 28.6 Å². The van der Waals surface area contributed by atoms with Crippen molar-refractivity contribution in [3.05, 3.63) is 10.8 Å². The predicted molar refractivity (Wildman–Crippen MR) is 72.9 cm³/mol. The van der Waals surface area contributed by atoms with Gasteiger partial charge in [-0.2, -0.15) is 9.61 Å². The van der Waals surface area contributed by atoms with Crippen molar-refractivity contribution in [1.82, 2.24) is 19.8 Å². The highest BCUT2D eigenvalue weighted by atomic mass is 32.1. The van der Waals surface area contributed by atoms with Gasteiger partial charge in [-0.15, -0.1) is 10.2 Å². The standard InChI is InChI=1S/C12H19N5OS/c1-8-4-3-5-12(13,6-8)10-16-17-9(7-18-2)14-15-11(17)19-10/h8H,3-7,13H2,1-2H3. The van der Waals surface area contributed by atoms with E-state index in [1.165, 1.54) is 12.8 Å². The lowest BCUT2D eigenvalue weighted by Gasteiger charge is -2.34. The van der Waals surface area contributed by atoms with Crippen LogP contribution in [0.25, 0.3) is 4.96 Å². The molecule has 0 spiro atoms. The van der Waals surface area contributed by atoms with Crippen LogP contribution in [-0.4, -0.2) is 26.9 Å². The minimum absolute atomic E-state index is 0.298. The largest absolute Gasteiger partial charge is 0.377 e. The predicted octanol–water partition coefficient (Wildman–Crippen LogP) is 1.70. The fourth-order valence-corrected chi connectivity index (χ4v) is 3.86. The van der Waals surface area contributed by atoms with Gasteiger partial charge >= 0.3 is 0 Å². The van der Waals surface area contributed by atoms with Gasteiger partial charge in [0.25, 0.3) is 0 Å². The maximum absolute atomic E-state index is 6.57. The zero-order valence-electron chi connectivity index (χ0n) is 11.3. The summed E-state index contributed by atoms with van der Waals surface area (Å²) in [5, 5.41) is 13.8. The van der Waals surface area contributed by atoms with Crippen LogP contribution in [-0.2, 0) is 16.9 Å². The van der Waals surface area contributed by atoms with Crippen LogP contribution in [0.5, 0.6) is 0 Å². The number of rotatable bonds is 3. The molecule has 2 aromatic heterocycles. The van der Waals surface area contributed by atoms with E-state index in [-0.39, 0.29) is 5.54 Å². The average molecular weight is 281 g/mol. The first kappa shape index (κ1) is 13.0. The van der Waals surface area contributed by atoms with E-state index >= 15 is 0 Å². The van der Waals surface area contributed by atoms with Crippen LogP contribution in [0.1, 0.15) is 43.4 Å². The molecule has 0 saturated heterocycles. The highest BCUT2D eigenvalue weighted by Gasteiger charge is 2.36. The fourth-order valence-electron chi connectivity index (χ4n) is 2.86. The van der Waals surface area contributed by atoms with Gasteiger partial charge in [-0.1, -0.05) is 31.1 Å². The molecule has 0 radical (unpaired) electrons. The lowest BCUT2D eigenvalue weighted by atomic mass is 9.77. The van der Waals surface area contributed by atoms with Gasteiger partial charge in [0.2, 0.25) is 4.96 Å². The highest BCUT2D eigenvalue weighted by Crippen LogP contribution is 2.39. The second kappa shape index (κ2) is 4.81. The lowest BCUT2D eigenvalue weighted by Crippen LogP contribution is -2.41. The summed E-state index contributed by atoms with van der Waals surface area (Å²) in [7, 11) is 1.64. The molecule has 0 bridgehead atoms. The van der Waals surface area contributed by atoms with Crippen LogP contribution in [0.3, 0.4) is 0 Å². The number of nitrogens with zero attached hydrogens (tertiary/aromatic N) is 4. The molecular weight excluding hydrogens is 262 g/mol. The van der Waals surface area contributed by atoms with Gasteiger partial charge in [-0.3, -0.25) is 0 Å². The van der Waals surface area contributed by atoms with E-state index in [0.29, 0.717) is 12.5 Å². The molecule has 1 aliphatic carbocycles. The SMILES string of the molecule is COCc1nnc2sc(C3(N)CCCC(C)C3)nn12. The Morgan fingerprint density at radius 1 is 1.53 bits per heavy atom. The number of hydrogen-bond acceptors (Lipinski definition) is 6. The Bertz CT molecular complexity index is 580. The van der Waals surface area contributed by atoms with E-state index in [9.17, 15) is 0 Å².